The molecule has 1 N–H and O–H groups in total. The van der Waals surface area contributed by atoms with E-state index >= 15 is 0 Å². The van der Waals surface area contributed by atoms with E-state index in [1.165, 1.54) is 6.21 Å². The van der Waals surface area contributed by atoms with Gasteiger partial charge in [-0.05, 0) is 60.2 Å². The lowest BCUT2D eigenvalue weighted by atomic mass is 10.2. The predicted octanol–water partition coefficient (Wildman–Crippen LogP) is 6.63. The molecule has 31 heavy (non-hydrogen) atoms. The number of hydrogen-bond donors (Lipinski definition) is 1. The number of halogens is 4. The van der Waals surface area contributed by atoms with Crippen LogP contribution in [-0.4, -0.2) is 18.7 Å². The Balaban J connectivity index is 1.45. The molecule has 9 heteroatoms. The van der Waals surface area contributed by atoms with Gasteiger partial charge in [-0.2, -0.15) is 5.10 Å². The maximum absolute atomic E-state index is 11.9. The van der Waals surface area contributed by atoms with Crippen LogP contribution in [0.25, 0.3) is 0 Å². The summed E-state index contributed by atoms with van der Waals surface area (Å²) in [6.45, 7) is 0.214. The first-order chi connectivity index (χ1) is 14.9. The minimum atomic E-state index is -0.415. The normalized spacial score (nSPS) is 10.8. The van der Waals surface area contributed by atoms with E-state index in [1.807, 2.05) is 42.5 Å². The van der Waals surface area contributed by atoms with Gasteiger partial charge < -0.3 is 9.47 Å². The summed E-state index contributed by atoms with van der Waals surface area (Å²) < 4.78 is 13.1. The SMILES string of the molecule is O=C(COc1ccc(Cl)cc1Cl)N/N=C/c1ccc(OCc2ccc(Br)cc2Br)cc1. The molecule has 0 unspecified atom stereocenters. The van der Waals surface area contributed by atoms with Crippen LogP contribution in [0.2, 0.25) is 10.0 Å². The molecule has 0 fully saturated rings. The minimum Gasteiger partial charge on any atom is -0.489 e. The summed E-state index contributed by atoms with van der Waals surface area (Å²) in [6.07, 6.45) is 1.53. The van der Waals surface area contributed by atoms with Gasteiger partial charge in [-0.3, -0.25) is 4.79 Å². The number of nitrogens with one attached hydrogen (secondary N) is 1. The maximum atomic E-state index is 11.9. The molecule has 0 aliphatic heterocycles. The van der Waals surface area contributed by atoms with Gasteiger partial charge in [0.05, 0.1) is 11.2 Å². The molecule has 0 heterocycles. The van der Waals surface area contributed by atoms with Crippen molar-refractivity contribution in [3.05, 3.63) is 90.8 Å². The van der Waals surface area contributed by atoms with E-state index in [0.29, 0.717) is 22.4 Å². The first kappa shape index (κ1) is 23.6. The molecule has 0 spiro atoms. The molecule has 0 radical (unpaired) electrons. The van der Waals surface area contributed by atoms with Crippen LogP contribution in [0.15, 0.2) is 74.7 Å². The molecule has 160 valence electrons. The van der Waals surface area contributed by atoms with Crippen molar-refractivity contribution >= 4 is 67.2 Å². The Kier molecular flexibility index (Phi) is 8.78. The maximum Gasteiger partial charge on any atom is 0.277 e. The van der Waals surface area contributed by atoms with Gasteiger partial charge in [-0.1, -0.05) is 61.1 Å². The summed E-state index contributed by atoms with van der Waals surface area (Å²) in [5.74, 6) is 0.683. The molecule has 3 rings (SSSR count). The van der Waals surface area contributed by atoms with Crippen molar-refractivity contribution in [1.82, 2.24) is 5.43 Å². The van der Waals surface area contributed by atoms with Crippen LogP contribution >= 0.6 is 55.1 Å². The van der Waals surface area contributed by atoms with Crippen LogP contribution in [0.3, 0.4) is 0 Å². The molecule has 0 aromatic heterocycles. The van der Waals surface area contributed by atoms with Gasteiger partial charge in [-0.15, -0.1) is 0 Å². The fourth-order valence-electron chi connectivity index (χ4n) is 2.40. The highest BCUT2D eigenvalue weighted by Crippen LogP contribution is 2.27. The Bertz CT molecular complexity index is 1090. The van der Waals surface area contributed by atoms with E-state index in [-0.39, 0.29) is 6.61 Å². The van der Waals surface area contributed by atoms with Gasteiger partial charge >= 0.3 is 0 Å². The van der Waals surface area contributed by atoms with Crippen LogP contribution in [0.5, 0.6) is 11.5 Å². The number of amides is 1. The smallest absolute Gasteiger partial charge is 0.277 e. The van der Waals surface area contributed by atoms with E-state index in [1.54, 1.807) is 18.2 Å². The Labute approximate surface area is 206 Å². The van der Waals surface area contributed by atoms with Crippen molar-refractivity contribution in [2.75, 3.05) is 6.61 Å². The predicted molar refractivity (Wildman–Crippen MR) is 130 cm³/mol. The summed E-state index contributed by atoms with van der Waals surface area (Å²) in [7, 11) is 0. The van der Waals surface area contributed by atoms with Gasteiger partial charge in [0, 0.05) is 19.5 Å². The number of carbonyl (C=O) groups excluding carboxylic acids is 1. The zero-order valence-corrected chi connectivity index (χ0v) is 20.6. The summed E-state index contributed by atoms with van der Waals surface area (Å²) in [4.78, 5) is 11.9. The van der Waals surface area contributed by atoms with Crippen molar-refractivity contribution in [1.29, 1.82) is 0 Å². The number of ether oxygens (including phenoxy) is 2. The zero-order chi connectivity index (χ0) is 22.2. The second-order valence-corrected chi connectivity index (χ2v) is 8.86. The summed E-state index contributed by atoms with van der Waals surface area (Å²) in [5, 5.41) is 4.75. The Hall–Kier alpha value is -2.06. The zero-order valence-electron chi connectivity index (χ0n) is 15.9. The third kappa shape index (κ3) is 7.54. The van der Waals surface area contributed by atoms with Gasteiger partial charge in [0.15, 0.2) is 6.61 Å². The Morgan fingerprint density at radius 3 is 2.48 bits per heavy atom. The van der Waals surface area contributed by atoms with Gasteiger partial charge in [-0.25, -0.2) is 5.43 Å². The second-order valence-electron chi connectivity index (χ2n) is 6.25. The van der Waals surface area contributed by atoms with Crippen LogP contribution in [0, 0.1) is 0 Å². The monoisotopic (exact) mass is 584 g/mol. The molecule has 5 nitrogen and oxygen atoms in total. The van der Waals surface area contributed by atoms with E-state index in [0.717, 1.165) is 25.8 Å². The molecule has 0 bridgehead atoms. The highest BCUT2D eigenvalue weighted by molar-refractivity contribution is 9.11. The van der Waals surface area contributed by atoms with Crippen LogP contribution < -0.4 is 14.9 Å². The molecular formula is C22H16Br2Cl2N2O3. The number of rotatable bonds is 8. The topological polar surface area (TPSA) is 59.9 Å². The lowest BCUT2D eigenvalue weighted by Gasteiger charge is -2.08. The fourth-order valence-corrected chi connectivity index (χ4v) is 4.02. The van der Waals surface area contributed by atoms with E-state index in [2.05, 4.69) is 42.4 Å². The largest absolute Gasteiger partial charge is 0.489 e. The molecule has 3 aromatic rings. The number of hydrogen-bond acceptors (Lipinski definition) is 4. The van der Waals surface area contributed by atoms with Crippen LogP contribution in [0.4, 0.5) is 0 Å². The minimum absolute atomic E-state index is 0.225. The Morgan fingerprint density at radius 1 is 1.00 bits per heavy atom. The van der Waals surface area contributed by atoms with Crippen molar-refractivity contribution in [2.45, 2.75) is 6.61 Å². The number of benzene rings is 3. The molecule has 3 aromatic carbocycles. The second kappa shape index (κ2) is 11.5. The quantitative estimate of drug-likeness (QED) is 0.238. The average molecular weight is 587 g/mol. The van der Waals surface area contributed by atoms with Gasteiger partial charge in [0.2, 0.25) is 0 Å². The highest BCUT2D eigenvalue weighted by atomic mass is 79.9. The fraction of sp³-hybridized carbons (Fsp3) is 0.0909. The van der Waals surface area contributed by atoms with Crippen molar-refractivity contribution in [3.8, 4) is 11.5 Å². The highest BCUT2D eigenvalue weighted by Gasteiger charge is 2.06. The van der Waals surface area contributed by atoms with Gasteiger partial charge in [0.25, 0.3) is 5.91 Å². The molecule has 0 aliphatic rings. The van der Waals surface area contributed by atoms with Gasteiger partial charge in [0.1, 0.15) is 18.1 Å². The van der Waals surface area contributed by atoms with Crippen LogP contribution in [0.1, 0.15) is 11.1 Å². The average Bonchev–Trinajstić information content (AvgIpc) is 2.73. The first-order valence-electron chi connectivity index (χ1n) is 8.97. The molecule has 0 atom stereocenters. The number of carbonyl (C=O) groups is 1. The molecule has 0 saturated heterocycles. The number of hydrazone groups is 1. The van der Waals surface area contributed by atoms with E-state index in [9.17, 15) is 4.79 Å². The standard InChI is InChI=1S/C22H16Br2Cl2N2O3/c23-16-4-3-15(19(24)9-16)12-30-18-6-1-14(2-7-18)11-27-28-22(29)13-31-21-8-5-17(25)10-20(21)26/h1-11H,12-13H2,(H,28,29)/b27-11+. The van der Waals surface area contributed by atoms with Crippen LogP contribution in [-0.2, 0) is 11.4 Å². The summed E-state index contributed by atoms with van der Waals surface area (Å²) in [5.41, 5.74) is 4.25. The molecular weight excluding hydrogens is 571 g/mol. The summed E-state index contributed by atoms with van der Waals surface area (Å²) >= 11 is 18.8. The summed E-state index contributed by atoms with van der Waals surface area (Å²) in [6, 6.07) is 18.0. The molecule has 1 amide bonds. The van der Waals surface area contributed by atoms with E-state index < -0.39 is 5.91 Å². The number of nitrogens with zero attached hydrogens (tertiary/aromatic N) is 1. The Morgan fingerprint density at radius 2 is 1.77 bits per heavy atom. The van der Waals surface area contributed by atoms with Crippen molar-refractivity contribution in [2.24, 2.45) is 5.10 Å². The first-order valence-corrected chi connectivity index (χ1v) is 11.3. The third-order valence-electron chi connectivity index (χ3n) is 3.95. The lowest BCUT2D eigenvalue weighted by Crippen LogP contribution is -2.24. The van der Waals surface area contributed by atoms with Crippen molar-refractivity contribution in [3.63, 3.8) is 0 Å². The third-order valence-corrected chi connectivity index (χ3v) is 5.71. The lowest BCUT2D eigenvalue weighted by molar-refractivity contribution is -0.123. The van der Waals surface area contributed by atoms with Crippen molar-refractivity contribution < 1.29 is 14.3 Å². The van der Waals surface area contributed by atoms with E-state index in [4.69, 9.17) is 32.7 Å². The molecule has 0 saturated carbocycles. The molecule has 0 aliphatic carbocycles.